The van der Waals surface area contributed by atoms with Gasteiger partial charge in [0.15, 0.2) is 0 Å². The van der Waals surface area contributed by atoms with Crippen LogP contribution in [0.1, 0.15) is 12.5 Å². The van der Waals surface area contributed by atoms with Gasteiger partial charge in [0.25, 0.3) is 0 Å². The molecule has 104 valence electrons. The van der Waals surface area contributed by atoms with Gasteiger partial charge in [0.1, 0.15) is 0 Å². The Morgan fingerprint density at radius 3 is 2.76 bits per heavy atom. The van der Waals surface area contributed by atoms with E-state index in [0.29, 0.717) is 6.54 Å². The smallest absolute Gasteiger partial charge is 0.0491 e. The molecule has 2 aromatic carbocycles. The van der Waals surface area contributed by atoms with Crippen molar-refractivity contribution in [3.8, 4) is 0 Å². The zero-order valence-electron chi connectivity index (χ0n) is 11.9. The lowest BCUT2D eigenvalue weighted by Gasteiger charge is -2.02. The van der Waals surface area contributed by atoms with E-state index in [1.807, 2.05) is 12.2 Å². The number of aryl methyl sites for hydroxylation is 1. The highest BCUT2D eigenvalue weighted by molar-refractivity contribution is 6.08. The molecule has 0 radical (unpaired) electrons. The first-order valence-electron chi connectivity index (χ1n) is 7.03. The summed E-state index contributed by atoms with van der Waals surface area (Å²) in [5.41, 5.74) is 11.9. The number of hydrogen-bond acceptors (Lipinski definition) is 1. The molecule has 0 aliphatic heterocycles. The van der Waals surface area contributed by atoms with E-state index in [4.69, 9.17) is 5.53 Å². The van der Waals surface area contributed by atoms with E-state index in [9.17, 15) is 0 Å². The van der Waals surface area contributed by atoms with Gasteiger partial charge in [-0.1, -0.05) is 41.5 Å². The predicted molar refractivity (Wildman–Crippen MR) is 88.2 cm³/mol. The van der Waals surface area contributed by atoms with E-state index in [1.165, 1.54) is 21.8 Å². The molecule has 0 spiro atoms. The summed E-state index contributed by atoms with van der Waals surface area (Å²) in [6.45, 7) is 3.50. The Balaban J connectivity index is 2.15. The molecule has 4 heteroatoms. The van der Waals surface area contributed by atoms with Gasteiger partial charge in [-0.3, -0.25) is 0 Å². The Bertz CT molecular complexity index is 867. The number of para-hydroxylation sites is 1. The van der Waals surface area contributed by atoms with Gasteiger partial charge in [-0.05, 0) is 36.2 Å². The normalized spacial score (nSPS) is 11.3. The van der Waals surface area contributed by atoms with E-state index >= 15 is 0 Å². The Morgan fingerprint density at radius 1 is 1.14 bits per heavy atom. The first-order chi connectivity index (χ1) is 10.3. The van der Waals surface area contributed by atoms with Gasteiger partial charge in [-0.15, -0.1) is 0 Å². The molecule has 4 nitrogen and oxygen atoms in total. The Kier molecular flexibility index (Phi) is 3.63. The van der Waals surface area contributed by atoms with Gasteiger partial charge in [0, 0.05) is 39.8 Å². The maximum absolute atomic E-state index is 8.27. The Labute approximate surface area is 122 Å². The Hall–Kier alpha value is -2.71. The summed E-state index contributed by atoms with van der Waals surface area (Å²) < 4.78 is 2.33. The van der Waals surface area contributed by atoms with Gasteiger partial charge in [0.2, 0.25) is 0 Å². The maximum Gasteiger partial charge on any atom is 0.0491 e. The molecule has 0 saturated heterocycles. The van der Waals surface area contributed by atoms with Crippen molar-refractivity contribution in [3.63, 3.8) is 0 Å². The van der Waals surface area contributed by atoms with Crippen molar-refractivity contribution in [2.45, 2.75) is 13.5 Å². The van der Waals surface area contributed by atoms with Crippen LogP contribution in [0, 0.1) is 0 Å². The summed E-state index contributed by atoms with van der Waals surface area (Å²) in [5.74, 6) is 0. The lowest BCUT2D eigenvalue weighted by molar-refractivity contribution is 0.827. The molecular formula is C17H16N4. The number of aromatic nitrogens is 1. The van der Waals surface area contributed by atoms with Crippen LogP contribution < -0.4 is 0 Å². The van der Waals surface area contributed by atoms with Crippen molar-refractivity contribution in [2.75, 3.05) is 6.54 Å². The van der Waals surface area contributed by atoms with Crippen LogP contribution in [0.3, 0.4) is 0 Å². The van der Waals surface area contributed by atoms with E-state index in [1.54, 1.807) is 0 Å². The average Bonchev–Trinajstić information content (AvgIpc) is 2.85. The van der Waals surface area contributed by atoms with Crippen LogP contribution in [0.25, 0.3) is 38.3 Å². The highest BCUT2D eigenvalue weighted by Gasteiger charge is 2.08. The number of hydrogen-bond donors (Lipinski definition) is 0. The molecular weight excluding hydrogens is 260 g/mol. The van der Waals surface area contributed by atoms with Gasteiger partial charge in [0.05, 0.1) is 0 Å². The fourth-order valence-electron chi connectivity index (χ4n) is 2.79. The average molecular weight is 276 g/mol. The molecule has 0 fully saturated rings. The number of fused-ring (bicyclic) bond motifs is 3. The predicted octanol–water partition coefficient (Wildman–Crippen LogP) is 5.14. The van der Waals surface area contributed by atoms with Crippen molar-refractivity contribution in [1.29, 1.82) is 0 Å². The quantitative estimate of drug-likeness (QED) is 0.360. The second-order valence-corrected chi connectivity index (χ2v) is 4.85. The SMILES string of the molecule is CCn1c2ccccc2c2cc(C=CCN=[N+]=[N-])ccc21. The topological polar surface area (TPSA) is 53.7 Å². The summed E-state index contributed by atoms with van der Waals surface area (Å²) in [6.07, 6.45) is 3.87. The fraction of sp³-hybridized carbons (Fsp3) is 0.176. The van der Waals surface area contributed by atoms with E-state index in [-0.39, 0.29) is 0 Å². The fourth-order valence-corrected chi connectivity index (χ4v) is 2.79. The summed E-state index contributed by atoms with van der Waals surface area (Å²) in [4.78, 5) is 2.74. The van der Waals surface area contributed by atoms with Gasteiger partial charge in [-0.2, -0.15) is 0 Å². The monoisotopic (exact) mass is 276 g/mol. The molecule has 1 aromatic heterocycles. The molecule has 0 saturated carbocycles. The summed E-state index contributed by atoms with van der Waals surface area (Å²) in [6, 6.07) is 14.9. The molecule has 0 atom stereocenters. The molecule has 3 rings (SSSR count). The molecule has 0 aliphatic carbocycles. The molecule has 0 unspecified atom stereocenters. The van der Waals surface area contributed by atoms with Crippen LogP contribution in [0.4, 0.5) is 0 Å². The van der Waals surface area contributed by atoms with Crippen molar-refractivity contribution in [3.05, 3.63) is 64.5 Å². The molecule has 1 heterocycles. The Morgan fingerprint density at radius 2 is 1.95 bits per heavy atom. The molecule has 3 aromatic rings. The third-order valence-electron chi connectivity index (χ3n) is 3.67. The van der Waals surface area contributed by atoms with E-state index in [2.05, 4.69) is 64.0 Å². The summed E-state index contributed by atoms with van der Waals surface area (Å²) in [5, 5.41) is 6.05. The van der Waals surface area contributed by atoms with Crippen LogP contribution in [0.5, 0.6) is 0 Å². The minimum absolute atomic E-state index is 0.380. The van der Waals surface area contributed by atoms with Crippen LogP contribution in [-0.2, 0) is 6.54 Å². The van der Waals surface area contributed by atoms with Crippen LogP contribution in [0.15, 0.2) is 53.7 Å². The minimum Gasteiger partial charge on any atom is -0.341 e. The molecule has 0 bridgehead atoms. The van der Waals surface area contributed by atoms with Crippen molar-refractivity contribution >= 4 is 27.9 Å². The third kappa shape index (κ3) is 2.37. The first-order valence-corrected chi connectivity index (χ1v) is 7.03. The van der Waals surface area contributed by atoms with Crippen molar-refractivity contribution in [1.82, 2.24) is 4.57 Å². The highest BCUT2D eigenvalue weighted by Crippen LogP contribution is 2.29. The van der Waals surface area contributed by atoms with Crippen molar-refractivity contribution in [2.24, 2.45) is 5.11 Å². The second kappa shape index (κ2) is 5.73. The zero-order chi connectivity index (χ0) is 14.7. The number of benzene rings is 2. The van der Waals surface area contributed by atoms with Gasteiger partial charge < -0.3 is 4.57 Å². The first kappa shape index (κ1) is 13.3. The summed E-state index contributed by atoms with van der Waals surface area (Å²) >= 11 is 0. The molecule has 21 heavy (non-hydrogen) atoms. The number of nitrogens with zero attached hydrogens (tertiary/aromatic N) is 4. The van der Waals surface area contributed by atoms with E-state index in [0.717, 1.165) is 12.1 Å². The highest BCUT2D eigenvalue weighted by atomic mass is 15.1. The van der Waals surface area contributed by atoms with Crippen molar-refractivity contribution < 1.29 is 0 Å². The van der Waals surface area contributed by atoms with Crippen LogP contribution in [0.2, 0.25) is 0 Å². The van der Waals surface area contributed by atoms with Gasteiger partial charge >= 0.3 is 0 Å². The maximum atomic E-state index is 8.27. The van der Waals surface area contributed by atoms with E-state index < -0.39 is 0 Å². The second-order valence-electron chi connectivity index (χ2n) is 4.85. The lowest BCUT2D eigenvalue weighted by Crippen LogP contribution is -1.92. The third-order valence-corrected chi connectivity index (χ3v) is 3.67. The standard InChI is InChI=1S/C17H16N4/c1-2-21-16-8-4-3-7-14(16)15-12-13(9-10-17(15)21)6-5-11-19-20-18/h3-10,12H,2,11H2,1H3. The largest absolute Gasteiger partial charge is 0.341 e. The number of azide groups is 1. The summed E-state index contributed by atoms with van der Waals surface area (Å²) in [7, 11) is 0. The van der Waals surface area contributed by atoms with Crippen LogP contribution in [-0.4, -0.2) is 11.1 Å². The molecule has 0 N–H and O–H groups in total. The lowest BCUT2D eigenvalue weighted by atomic mass is 10.1. The minimum atomic E-state index is 0.380. The van der Waals surface area contributed by atoms with Crippen LogP contribution >= 0.6 is 0 Å². The molecule has 0 aliphatic rings. The molecule has 0 amide bonds. The number of rotatable bonds is 4. The zero-order valence-corrected chi connectivity index (χ0v) is 11.9. The van der Waals surface area contributed by atoms with Gasteiger partial charge in [-0.25, -0.2) is 0 Å².